The van der Waals surface area contributed by atoms with E-state index in [0.717, 1.165) is 0 Å². The average Bonchev–Trinajstić information content (AvgIpc) is 2.64. The molecule has 0 unspecified atom stereocenters. The van der Waals surface area contributed by atoms with Crippen LogP contribution in [-0.2, 0) is 0 Å². The third-order valence-corrected chi connectivity index (χ3v) is 1.87. The van der Waals surface area contributed by atoms with Gasteiger partial charge in [0, 0.05) is 10.5 Å². The summed E-state index contributed by atoms with van der Waals surface area (Å²) in [7, 11) is 0. The van der Waals surface area contributed by atoms with Gasteiger partial charge in [-0.15, -0.1) is 0 Å². The molecule has 2 rings (SSSR count). The van der Waals surface area contributed by atoms with Crippen molar-refractivity contribution in [3.63, 3.8) is 0 Å². The van der Waals surface area contributed by atoms with E-state index in [2.05, 4.69) is 26.9 Å². The van der Waals surface area contributed by atoms with Gasteiger partial charge in [0.1, 0.15) is 0 Å². The molecule has 6 nitrogen and oxygen atoms in total. The largest absolute Gasteiger partial charge is 0.417 e. The summed E-state index contributed by atoms with van der Waals surface area (Å²) in [6, 6.07) is 5.10. The highest BCUT2D eigenvalue weighted by molar-refractivity contribution is 5.73. The number of nitrogens with one attached hydrogen (secondary N) is 1. The van der Waals surface area contributed by atoms with E-state index in [0.29, 0.717) is 16.7 Å². The van der Waals surface area contributed by atoms with Crippen LogP contribution in [-0.4, -0.2) is 11.5 Å². The zero-order chi connectivity index (χ0) is 11.4. The number of hydrogen-bond acceptors (Lipinski definition) is 3. The first-order valence-electron chi connectivity index (χ1n) is 4.42. The number of benzene rings is 1. The molecule has 0 spiro atoms. The molecule has 6 heteroatoms. The number of aromatic nitrogens is 1. The Bertz CT molecular complexity index is 680. The average molecular weight is 214 g/mol. The molecule has 1 N–H and O–H groups in total. The van der Waals surface area contributed by atoms with Crippen LogP contribution in [0.25, 0.3) is 21.5 Å². The van der Waals surface area contributed by atoms with Gasteiger partial charge in [-0.2, -0.15) is 0 Å². The lowest BCUT2D eigenvalue weighted by molar-refractivity contribution is 0.555. The second-order valence-corrected chi connectivity index (χ2v) is 2.92. The molecule has 0 radical (unpaired) electrons. The fraction of sp³-hybridized carbons (Fsp3) is 0.100. The van der Waals surface area contributed by atoms with Gasteiger partial charge in [-0.1, -0.05) is 17.0 Å². The van der Waals surface area contributed by atoms with Crippen molar-refractivity contribution in [1.82, 2.24) is 4.98 Å². The Hall–Kier alpha value is -2.64. The predicted octanol–water partition coefficient (Wildman–Crippen LogP) is 1.78. The zero-order valence-corrected chi connectivity index (χ0v) is 8.10. The third kappa shape index (κ3) is 2.05. The molecule has 0 bridgehead atoms. The van der Waals surface area contributed by atoms with Crippen LogP contribution in [0.5, 0.6) is 0 Å². The van der Waals surface area contributed by atoms with Crippen LogP contribution in [0.15, 0.2) is 32.5 Å². The van der Waals surface area contributed by atoms with Gasteiger partial charge in [0.2, 0.25) is 0 Å². The Balaban J connectivity index is 2.34. The van der Waals surface area contributed by atoms with E-state index >= 15 is 0 Å². The number of nitrogens with zero attached hydrogens (tertiary/aromatic N) is 3. The van der Waals surface area contributed by atoms with E-state index in [1.807, 2.05) is 0 Å². The Kier molecular flexibility index (Phi) is 2.63. The van der Waals surface area contributed by atoms with Gasteiger partial charge in [-0.05, 0) is 23.7 Å². The van der Waals surface area contributed by atoms with Crippen LogP contribution >= 0.6 is 0 Å². The summed E-state index contributed by atoms with van der Waals surface area (Å²) in [5.74, 6) is 4.97. The summed E-state index contributed by atoms with van der Waals surface area (Å²) in [6.45, 7) is 0.117. The number of rotatable bonds is 1. The smallest absolute Gasteiger partial charge is 0.408 e. The molecule has 0 aliphatic heterocycles. The van der Waals surface area contributed by atoms with Crippen molar-refractivity contribution in [3.05, 3.63) is 44.8 Å². The molecular formula is C10H6N4O2. The van der Waals surface area contributed by atoms with Gasteiger partial charge >= 0.3 is 5.76 Å². The highest BCUT2D eigenvalue weighted by Gasteiger charge is 1.99. The normalized spacial score (nSPS) is 9.25. The van der Waals surface area contributed by atoms with Crippen molar-refractivity contribution in [2.24, 2.45) is 5.11 Å². The summed E-state index contributed by atoms with van der Waals surface area (Å²) < 4.78 is 4.88. The molecule has 0 saturated heterocycles. The van der Waals surface area contributed by atoms with E-state index in [1.54, 1.807) is 18.2 Å². The molecule has 0 atom stereocenters. The number of fused-ring (bicyclic) bond motifs is 1. The molecule has 2 aromatic rings. The molecule has 0 fully saturated rings. The van der Waals surface area contributed by atoms with E-state index in [-0.39, 0.29) is 6.54 Å². The lowest BCUT2D eigenvalue weighted by Gasteiger charge is -1.88. The molecule has 78 valence electrons. The molecule has 0 aliphatic rings. The zero-order valence-electron chi connectivity index (χ0n) is 8.10. The first-order chi connectivity index (χ1) is 7.79. The minimum absolute atomic E-state index is 0.117. The van der Waals surface area contributed by atoms with Crippen molar-refractivity contribution in [3.8, 4) is 11.8 Å². The number of oxazole rings is 1. The second kappa shape index (κ2) is 4.26. The van der Waals surface area contributed by atoms with Crippen molar-refractivity contribution in [2.75, 3.05) is 6.54 Å². The molecule has 1 heterocycles. The lowest BCUT2D eigenvalue weighted by atomic mass is 10.2. The maximum atomic E-state index is 10.9. The van der Waals surface area contributed by atoms with Crippen molar-refractivity contribution in [1.29, 1.82) is 0 Å². The van der Waals surface area contributed by atoms with Gasteiger partial charge in [-0.3, -0.25) is 4.98 Å². The summed E-state index contributed by atoms with van der Waals surface area (Å²) >= 11 is 0. The maximum Gasteiger partial charge on any atom is 0.417 e. The fourth-order valence-electron chi connectivity index (χ4n) is 1.23. The van der Waals surface area contributed by atoms with Crippen molar-refractivity contribution >= 4 is 11.1 Å². The number of azide groups is 1. The first-order valence-corrected chi connectivity index (χ1v) is 4.42. The van der Waals surface area contributed by atoms with Crippen LogP contribution in [0, 0.1) is 11.8 Å². The predicted molar refractivity (Wildman–Crippen MR) is 57.7 cm³/mol. The molecule has 16 heavy (non-hydrogen) atoms. The third-order valence-electron chi connectivity index (χ3n) is 1.87. The second-order valence-electron chi connectivity index (χ2n) is 2.92. The van der Waals surface area contributed by atoms with Gasteiger partial charge in [0.25, 0.3) is 0 Å². The van der Waals surface area contributed by atoms with Crippen LogP contribution in [0.1, 0.15) is 5.56 Å². The van der Waals surface area contributed by atoms with E-state index in [4.69, 9.17) is 9.95 Å². The number of aromatic amines is 1. The molecule has 1 aromatic heterocycles. The molecule has 1 aromatic carbocycles. The van der Waals surface area contributed by atoms with Crippen molar-refractivity contribution < 1.29 is 4.42 Å². The number of H-pyrrole nitrogens is 1. The van der Waals surface area contributed by atoms with Gasteiger partial charge in [-0.25, -0.2) is 4.79 Å². The van der Waals surface area contributed by atoms with Crippen molar-refractivity contribution in [2.45, 2.75) is 0 Å². The maximum absolute atomic E-state index is 10.9. The summed E-state index contributed by atoms with van der Waals surface area (Å²) in [4.78, 5) is 16.0. The quantitative estimate of drug-likeness (QED) is 0.339. The minimum Gasteiger partial charge on any atom is -0.408 e. The topological polar surface area (TPSA) is 94.8 Å². The fourth-order valence-corrected chi connectivity index (χ4v) is 1.23. The first kappa shape index (κ1) is 9.90. The minimum atomic E-state index is -0.491. The van der Waals surface area contributed by atoms with E-state index < -0.39 is 5.76 Å². The Morgan fingerprint density at radius 3 is 3.25 bits per heavy atom. The molecule has 0 amide bonds. The molecule has 0 aliphatic carbocycles. The highest BCUT2D eigenvalue weighted by atomic mass is 16.4. The van der Waals surface area contributed by atoms with Gasteiger partial charge in [0.15, 0.2) is 5.58 Å². The van der Waals surface area contributed by atoms with Gasteiger partial charge in [0.05, 0.1) is 12.1 Å². The van der Waals surface area contributed by atoms with Crippen LogP contribution in [0.4, 0.5) is 0 Å². The Morgan fingerprint density at radius 1 is 1.56 bits per heavy atom. The van der Waals surface area contributed by atoms with Gasteiger partial charge < -0.3 is 4.42 Å². The van der Waals surface area contributed by atoms with Crippen LogP contribution in [0.3, 0.4) is 0 Å². The Labute approximate surface area is 89.5 Å². The number of hydrogen-bond donors (Lipinski definition) is 1. The standard InChI is InChI=1S/C10H6N4O2/c11-14-12-5-1-2-7-3-4-8-9(6-7)16-10(15)13-8/h3-4,6H,5H2,(H,13,15). The Morgan fingerprint density at radius 2 is 2.44 bits per heavy atom. The SMILES string of the molecule is [N-]=[N+]=NCC#Cc1ccc2[nH]c(=O)oc2c1. The summed E-state index contributed by atoms with van der Waals surface area (Å²) in [6.07, 6.45) is 0. The summed E-state index contributed by atoms with van der Waals surface area (Å²) in [5.41, 5.74) is 9.83. The molecular weight excluding hydrogens is 208 g/mol. The highest BCUT2D eigenvalue weighted by Crippen LogP contribution is 2.11. The summed E-state index contributed by atoms with van der Waals surface area (Å²) in [5, 5.41) is 3.28. The van der Waals surface area contributed by atoms with E-state index in [1.165, 1.54) is 0 Å². The van der Waals surface area contributed by atoms with E-state index in [9.17, 15) is 4.79 Å². The molecule has 0 saturated carbocycles. The van der Waals surface area contributed by atoms with Crippen LogP contribution < -0.4 is 5.76 Å². The van der Waals surface area contributed by atoms with Crippen LogP contribution in [0.2, 0.25) is 0 Å². The monoisotopic (exact) mass is 214 g/mol. The lowest BCUT2D eigenvalue weighted by Crippen LogP contribution is -1.92.